The van der Waals surface area contributed by atoms with Crippen LogP contribution in [0.3, 0.4) is 0 Å². The fourth-order valence-electron chi connectivity index (χ4n) is 2.17. The molecule has 1 aromatic heterocycles. The summed E-state index contributed by atoms with van der Waals surface area (Å²) in [5, 5.41) is 4.17. The highest BCUT2D eigenvalue weighted by atomic mass is 32.1. The van der Waals surface area contributed by atoms with Gasteiger partial charge in [0.05, 0.1) is 6.21 Å². The van der Waals surface area contributed by atoms with Crippen LogP contribution in [-0.2, 0) is 0 Å². The van der Waals surface area contributed by atoms with E-state index in [9.17, 15) is 0 Å². The largest absolute Gasteiger partial charge is 0.375 e. The first-order chi connectivity index (χ1) is 9.49. The molecule has 104 valence electrons. The quantitative estimate of drug-likeness (QED) is 0.518. The van der Waals surface area contributed by atoms with E-state index in [4.69, 9.17) is 18.0 Å². The van der Waals surface area contributed by atoms with Gasteiger partial charge in [-0.05, 0) is 51.2 Å². The van der Waals surface area contributed by atoms with Crippen molar-refractivity contribution in [2.24, 2.45) is 10.8 Å². The summed E-state index contributed by atoms with van der Waals surface area (Å²) in [6, 6.07) is 10.5. The van der Waals surface area contributed by atoms with Crippen LogP contribution < -0.4 is 11.2 Å². The van der Waals surface area contributed by atoms with Gasteiger partial charge in [0.15, 0.2) is 5.11 Å². The third-order valence-electron chi connectivity index (χ3n) is 3.14. The van der Waals surface area contributed by atoms with Gasteiger partial charge in [0.1, 0.15) is 0 Å². The highest BCUT2D eigenvalue weighted by Gasteiger charge is 2.09. The van der Waals surface area contributed by atoms with Gasteiger partial charge in [-0.15, -0.1) is 0 Å². The summed E-state index contributed by atoms with van der Waals surface area (Å²) in [5.41, 5.74) is 13.6. The molecule has 0 aliphatic rings. The topological polar surface area (TPSA) is 55.3 Å². The minimum absolute atomic E-state index is 0.161. The lowest BCUT2D eigenvalue weighted by molar-refractivity contribution is 0.963. The van der Waals surface area contributed by atoms with Gasteiger partial charge in [0.25, 0.3) is 0 Å². The Bertz CT molecular complexity index is 653. The summed E-state index contributed by atoms with van der Waals surface area (Å²) in [7, 11) is 0. The number of nitrogens with zero attached hydrogens (tertiary/aromatic N) is 2. The van der Waals surface area contributed by atoms with Crippen molar-refractivity contribution in [2.45, 2.75) is 20.8 Å². The second kappa shape index (κ2) is 5.88. The summed E-state index contributed by atoms with van der Waals surface area (Å²) in [5.74, 6) is 0. The standard InChI is InChI=1S/C15H18N4S/c1-10-4-6-14(7-5-10)19-11(2)8-13(12(19)3)9-17-18-15(16)20/h4-9H,1-3H3,(H3,16,18,20)/b17-9-. The molecule has 0 atom stereocenters. The zero-order chi connectivity index (χ0) is 14.7. The summed E-state index contributed by atoms with van der Waals surface area (Å²) in [4.78, 5) is 0. The number of hydrogen-bond acceptors (Lipinski definition) is 2. The number of nitrogens with one attached hydrogen (secondary N) is 1. The van der Waals surface area contributed by atoms with E-state index in [0.29, 0.717) is 0 Å². The monoisotopic (exact) mass is 286 g/mol. The van der Waals surface area contributed by atoms with E-state index in [1.807, 2.05) is 0 Å². The number of rotatable bonds is 3. The predicted octanol–water partition coefficient (Wildman–Crippen LogP) is 2.57. The van der Waals surface area contributed by atoms with Crippen molar-refractivity contribution in [3.63, 3.8) is 0 Å². The first-order valence-corrected chi connectivity index (χ1v) is 6.74. The lowest BCUT2D eigenvalue weighted by Crippen LogP contribution is -2.24. The molecule has 3 N–H and O–H groups in total. The first-order valence-electron chi connectivity index (χ1n) is 6.33. The van der Waals surface area contributed by atoms with Crippen LogP contribution >= 0.6 is 12.2 Å². The van der Waals surface area contributed by atoms with Crippen molar-refractivity contribution in [3.05, 3.63) is 52.8 Å². The van der Waals surface area contributed by atoms with E-state index in [1.165, 1.54) is 5.56 Å². The van der Waals surface area contributed by atoms with Crippen LogP contribution in [0.4, 0.5) is 0 Å². The Morgan fingerprint density at radius 3 is 2.50 bits per heavy atom. The molecule has 5 heteroatoms. The van der Waals surface area contributed by atoms with Crippen LogP contribution in [-0.4, -0.2) is 15.9 Å². The van der Waals surface area contributed by atoms with Crippen LogP contribution in [0.2, 0.25) is 0 Å². The van der Waals surface area contributed by atoms with E-state index >= 15 is 0 Å². The zero-order valence-corrected chi connectivity index (χ0v) is 12.7. The molecule has 0 aliphatic carbocycles. The number of benzene rings is 1. The molecule has 4 nitrogen and oxygen atoms in total. The Morgan fingerprint density at radius 1 is 1.25 bits per heavy atom. The van der Waals surface area contributed by atoms with Gasteiger partial charge in [-0.25, -0.2) is 0 Å². The van der Waals surface area contributed by atoms with E-state index in [2.05, 4.69) is 66.2 Å². The number of hydrogen-bond donors (Lipinski definition) is 2. The molecule has 0 saturated carbocycles. The second-order valence-corrected chi connectivity index (χ2v) is 5.17. The summed E-state index contributed by atoms with van der Waals surface area (Å²) >= 11 is 4.71. The van der Waals surface area contributed by atoms with Gasteiger partial charge in [0, 0.05) is 22.6 Å². The van der Waals surface area contributed by atoms with Gasteiger partial charge in [-0.1, -0.05) is 17.7 Å². The van der Waals surface area contributed by atoms with Gasteiger partial charge in [-0.3, -0.25) is 5.43 Å². The molecular formula is C15H18N4S. The zero-order valence-electron chi connectivity index (χ0n) is 11.8. The van der Waals surface area contributed by atoms with Crippen molar-refractivity contribution in [3.8, 4) is 5.69 Å². The van der Waals surface area contributed by atoms with Crippen molar-refractivity contribution >= 4 is 23.5 Å². The van der Waals surface area contributed by atoms with E-state index in [-0.39, 0.29) is 5.11 Å². The van der Waals surface area contributed by atoms with Crippen LogP contribution in [0, 0.1) is 20.8 Å². The van der Waals surface area contributed by atoms with Crippen LogP contribution in [0.1, 0.15) is 22.5 Å². The Labute approximate surface area is 124 Å². The molecule has 0 bridgehead atoms. The molecule has 0 aliphatic heterocycles. The van der Waals surface area contributed by atoms with Crippen LogP contribution in [0.15, 0.2) is 35.4 Å². The SMILES string of the molecule is Cc1ccc(-n2c(C)cc(/C=N\NC(N)=S)c2C)cc1. The average molecular weight is 286 g/mol. The number of aryl methyl sites for hydroxylation is 2. The van der Waals surface area contributed by atoms with Crippen LogP contribution in [0.5, 0.6) is 0 Å². The Balaban J connectivity index is 2.36. The summed E-state index contributed by atoms with van der Waals surface area (Å²) < 4.78 is 2.20. The fraction of sp³-hybridized carbons (Fsp3) is 0.200. The minimum Gasteiger partial charge on any atom is -0.375 e. The molecule has 1 heterocycles. The normalized spacial score (nSPS) is 10.9. The number of hydrazone groups is 1. The Hall–Kier alpha value is -2.14. The van der Waals surface area contributed by atoms with Crippen molar-refractivity contribution in [1.82, 2.24) is 9.99 Å². The van der Waals surface area contributed by atoms with Crippen molar-refractivity contribution in [1.29, 1.82) is 0 Å². The molecular weight excluding hydrogens is 268 g/mol. The smallest absolute Gasteiger partial charge is 0.184 e. The first kappa shape index (κ1) is 14.3. The molecule has 0 unspecified atom stereocenters. The number of aromatic nitrogens is 1. The maximum atomic E-state index is 5.34. The average Bonchev–Trinajstić information content (AvgIpc) is 2.66. The summed E-state index contributed by atoms with van der Waals surface area (Å²) in [6.45, 7) is 6.22. The van der Waals surface area contributed by atoms with Gasteiger partial charge < -0.3 is 10.3 Å². The van der Waals surface area contributed by atoms with E-state index in [1.54, 1.807) is 6.21 Å². The lowest BCUT2D eigenvalue weighted by Gasteiger charge is -2.09. The van der Waals surface area contributed by atoms with Crippen molar-refractivity contribution in [2.75, 3.05) is 0 Å². The van der Waals surface area contributed by atoms with Gasteiger partial charge in [-0.2, -0.15) is 5.10 Å². The fourth-order valence-corrected chi connectivity index (χ4v) is 2.23. The second-order valence-electron chi connectivity index (χ2n) is 4.73. The third kappa shape index (κ3) is 3.05. The molecule has 20 heavy (non-hydrogen) atoms. The number of thiocarbonyl (C=S) groups is 1. The number of nitrogens with two attached hydrogens (primary N) is 1. The van der Waals surface area contributed by atoms with E-state index < -0.39 is 0 Å². The van der Waals surface area contributed by atoms with E-state index in [0.717, 1.165) is 22.6 Å². The highest BCUT2D eigenvalue weighted by molar-refractivity contribution is 7.80. The lowest BCUT2D eigenvalue weighted by atomic mass is 10.2. The molecule has 2 aromatic rings. The maximum Gasteiger partial charge on any atom is 0.184 e. The van der Waals surface area contributed by atoms with Gasteiger partial charge >= 0.3 is 0 Å². The predicted molar refractivity (Wildman–Crippen MR) is 87.5 cm³/mol. The summed E-state index contributed by atoms with van der Waals surface area (Å²) in [6.07, 6.45) is 1.73. The van der Waals surface area contributed by atoms with Crippen LogP contribution in [0.25, 0.3) is 5.69 Å². The molecule has 0 radical (unpaired) electrons. The Kier molecular flexibility index (Phi) is 4.20. The van der Waals surface area contributed by atoms with Crippen molar-refractivity contribution < 1.29 is 0 Å². The molecule has 0 amide bonds. The molecule has 2 rings (SSSR count). The third-order valence-corrected chi connectivity index (χ3v) is 3.23. The minimum atomic E-state index is 0.161. The highest BCUT2D eigenvalue weighted by Crippen LogP contribution is 2.20. The maximum absolute atomic E-state index is 5.34. The molecule has 1 aromatic carbocycles. The molecule has 0 fully saturated rings. The molecule has 0 saturated heterocycles. The van der Waals surface area contributed by atoms with Gasteiger partial charge in [0.2, 0.25) is 0 Å². The molecule has 0 spiro atoms. The Morgan fingerprint density at radius 2 is 1.90 bits per heavy atom.